The average Bonchev–Trinajstić information content (AvgIpc) is 3.08. The topological polar surface area (TPSA) is 136 Å². The zero-order chi connectivity index (χ0) is 37.8. The molecule has 3 aromatic rings. The summed E-state index contributed by atoms with van der Waals surface area (Å²) in [4.78, 5) is 39.1. The number of alkyl halides is 2. The van der Waals surface area contributed by atoms with E-state index in [-0.39, 0.29) is 16.9 Å². The highest BCUT2D eigenvalue weighted by Gasteiger charge is 2.55. The van der Waals surface area contributed by atoms with E-state index in [1.165, 1.54) is 14.7 Å². The fraction of sp³-hybridized carbons (Fsp3) is 0.410. The Hall–Kier alpha value is -4.07. The van der Waals surface area contributed by atoms with Gasteiger partial charge < -0.3 is 18.8 Å². The number of ether oxygens (including phenoxy) is 3. The van der Waals surface area contributed by atoms with E-state index in [4.69, 9.17) is 9.47 Å². The molecule has 4 aliphatic carbocycles. The lowest BCUT2D eigenvalue weighted by Gasteiger charge is -2.55. The molecule has 7 rings (SSSR count). The molecule has 278 valence electrons. The predicted octanol–water partition coefficient (Wildman–Crippen LogP) is 7.31. The summed E-state index contributed by atoms with van der Waals surface area (Å²) in [5.74, 6) is -1.07. The van der Waals surface area contributed by atoms with Crippen LogP contribution in [0.2, 0.25) is 0 Å². The Morgan fingerprint density at radius 3 is 1.69 bits per heavy atom. The molecule has 0 unspecified atom stereocenters. The van der Waals surface area contributed by atoms with Gasteiger partial charge in [-0.1, -0.05) is 43.0 Å². The second-order valence-electron chi connectivity index (χ2n) is 13.9. The van der Waals surface area contributed by atoms with Crippen molar-refractivity contribution in [3.8, 4) is 5.75 Å². The highest BCUT2D eigenvalue weighted by Crippen LogP contribution is 2.60. The predicted molar refractivity (Wildman–Crippen MR) is 189 cm³/mol. The molecule has 0 aromatic heterocycles. The van der Waals surface area contributed by atoms with E-state index in [2.05, 4.69) is 72.0 Å². The number of carbonyl (C=O) groups is 3. The molecular formula is C39H42F2O9S2. The summed E-state index contributed by atoms with van der Waals surface area (Å²) in [6.45, 7) is 8.09. The highest BCUT2D eigenvalue weighted by molar-refractivity contribution is 7.97. The first-order valence-electron chi connectivity index (χ1n) is 17.0. The van der Waals surface area contributed by atoms with Gasteiger partial charge in [-0.05, 0) is 112 Å². The summed E-state index contributed by atoms with van der Waals surface area (Å²) in [6.07, 6.45) is 5.73. The standard InChI is InChI=1S/C24H23O2S.C15H20F2O7S/c1-17(2)24(25)26-23-18(3)15-22(16-19(23)4)27(20-11-7-5-8-12-20)21-13-9-6-10-14-21;16-15(17,25(20,21)22)13(19)24-2-1-23-12(18)14-6-9-3-10(7-14)5-11(4-9)8-14/h5-16H,1H2,2-4H3;9-11H,1-8H2,(H,20,21,22)/q+1;/p-1. The van der Waals surface area contributed by atoms with Gasteiger partial charge in [0.05, 0.1) is 16.3 Å². The van der Waals surface area contributed by atoms with Gasteiger partial charge in [-0.15, -0.1) is 0 Å². The van der Waals surface area contributed by atoms with Gasteiger partial charge in [-0.3, -0.25) is 4.79 Å². The molecule has 4 bridgehead atoms. The molecule has 0 heterocycles. The molecule has 52 heavy (non-hydrogen) atoms. The maximum Gasteiger partial charge on any atom is 0.428 e. The Labute approximate surface area is 305 Å². The molecular weight excluding hydrogens is 715 g/mol. The minimum atomic E-state index is -6.15. The molecule has 0 atom stereocenters. The first-order valence-corrected chi connectivity index (χ1v) is 19.6. The second kappa shape index (κ2) is 15.9. The SMILES string of the molecule is C=C(C)C(=O)Oc1c(C)cc([S+](c2ccccc2)c2ccccc2)cc1C.O=C(OCCOC(=O)C(F)(F)S(=O)(=O)[O-])C12CC3CC(CC(C3)C1)C2. The fourth-order valence-corrected chi connectivity index (χ4v) is 10.4. The summed E-state index contributed by atoms with van der Waals surface area (Å²) < 4.78 is 71.5. The number of rotatable bonds is 11. The second-order valence-corrected chi connectivity index (χ2v) is 17.4. The van der Waals surface area contributed by atoms with Crippen molar-refractivity contribution in [1.29, 1.82) is 0 Å². The Morgan fingerprint density at radius 1 is 0.827 bits per heavy atom. The number of halogens is 2. The van der Waals surface area contributed by atoms with Crippen molar-refractivity contribution in [2.24, 2.45) is 23.2 Å². The number of aryl methyl sites for hydroxylation is 2. The Bertz CT molecular complexity index is 1820. The van der Waals surface area contributed by atoms with E-state index in [9.17, 15) is 36.1 Å². The summed E-state index contributed by atoms with van der Waals surface area (Å²) in [7, 11) is -6.37. The highest BCUT2D eigenvalue weighted by atomic mass is 32.2. The molecule has 4 aliphatic rings. The van der Waals surface area contributed by atoms with Crippen LogP contribution in [0, 0.1) is 37.0 Å². The van der Waals surface area contributed by atoms with Crippen LogP contribution in [-0.4, -0.2) is 49.3 Å². The van der Waals surface area contributed by atoms with Gasteiger partial charge in [0.1, 0.15) is 19.0 Å². The number of hydrogen-bond acceptors (Lipinski definition) is 9. The van der Waals surface area contributed by atoms with E-state index in [0.29, 0.717) is 29.1 Å². The van der Waals surface area contributed by atoms with Gasteiger partial charge in [-0.25, -0.2) is 18.0 Å². The Balaban J connectivity index is 0.000000202. The van der Waals surface area contributed by atoms with Crippen molar-refractivity contribution < 1.29 is 50.3 Å². The number of benzene rings is 3. The van der Waals surface area contributed by atoms with Gasteiger partial charge in [0.2, 0.25) is 0 Å². The molecule has 4 saturated carbocycles. The third kappa shape index (κ3) is 8.75. The van der Waals surface area contributed by atoms with Crippen molar-refractivity contribution in [3.63, 3.8) is 0 Å². The zero-order valence-corrected chi connectivity index (χ0v) is 30.9. The van der Waals surface area contributed by atoms with Crippen LogP contribution in [0.4, 0.5) is 8.78 Å². The third-order valence-electron chi connectivity index (χ3n) is 9.74. The van der Waals surface area contributed by atoms with E-state index >= 15 is 0 Å². The number of carbonyl (C=O) groups excluding carboxylic acids is 3. The largest absolute Gasteiger partial charge is 0.743 e. The van der Waals surface area contributed by atoms with E-state index in [0.717, 1.165) is 49.7 Å². The lowest BCUT2D eigenvalue weighted by atomic mass is 9.49. The molecule has 0 saturated heterocycles. The zero-order valence-electron chi connectivity index (χ0n) is 29.3. The van der Waals surface area contributed by atoms with E-state index < -0.39 is 45.9 Å². The van der Waals surface area contributed by atoms with E-state index in [1.807, 2.05) is 26.0 Å². The van der Waals surface area contributed by atoms with Crippen LogP contribution >= 0.6 is 0 Å². The fourth-order valence-electron chi connectivity index (χ4n) is 7.86. The molecule has 13 heteroatoms. The lowest BCUT2D eigenvalue weighted by Crippen LogP contribution is -2.50. The molecule has 4 fully saturated rings. The summed E-state index contributed by atoms with van der Waals surface area (Å²) in [5.41, 5.74) is 1.76. The van der Waals surface area contributed by atoms with Crippen molar-refractivity contribution in [3.05, 3.63) is 96.1 Å². The Kier molecular flexibility index (Phi) is 12.0. The first kappa shape index (κ1) is 39.1. The number of esters is 3. The van der Waals surface area contributed by atoms with Gasteiger partial charge in [0, 0.05) is 17.7 Å². The molecule has 9 nitrogen and oxygen atoms in total. The minimum Gasteiger partial charge on any atom is -0.743 e. The van der Waals surface area contributed by atoms with Crippen LogP contribution in [0.5, 0.6) is 5.75 Å². The number of hydrogen-bond donors (Lipinski definition) is 0. The molecule has 0 radical (unpaired) electrons. The monoisotopic (exact) mass is 756 g/mol. The molecule has 0 N–H and O–H groups in total. The van der Waals surface area contributed by atoms with Gasteiger partial charge in [0.15, 0.2) is 24.8 Å². The maximum atomic E-state index is 12.9. The van der Waals surface area contributed by atoms with Crippen molar-refractivity contribution in [2.45, 2.75) is 79.2 Å². The summed E-state index contributed by atoms with van der Waals surface area (Å²) in [6, 6.07) is 25.2. The molecule has 0 aliphatic heterocycles. The first-order chi connectivity index (χ1) is 24.5. The van der Waals surface area contributed by atoms with Crippen LogP contribution < -0.4 is 4.74 Å². The van der Waals surface area contributed by atoms with Crippen LogP contribution in [-0.2, 0) is 44.9 Å². The van der Waals surface area contributed by atoms with Crippen LogP contribution in [0.3, 0.4) is 0 Å². The molecule has 0 amide bonds. The average molecular weight is 757 g/mol. The molecule has 3 aromatic carbocycles. The minimum absolute atomic E-state index is 0.223. The smallest absolute Gasteiger partial charge is 0.428 e. The van der Waals surface area contributed by atoms with Gasteiger partial charge in [-0.2, -0.15) is 8.78 Å². The van der Waals surface area contributed by atoms with Gasteiger partial charge in [0.25, 0.3) is 0 Å². The third-order valence-corrected chi connectivity index (χ3v) is 12.7. The normalized spacial score (nSPS) is 21.9. The van der Waals surface area contributed by atoms with Gasteiger partial charge >= 0.3 is 23.2 Å². The Morgan fingerprint density at radius 2 is 1.27 bits per heavy atom. The van der Waals surface area contributed by atoms with Crippen molar-refractivity contribution in [2.75, 3.05) is 13.2 Å². The summed E-state index contributed by atoms with van der Waals surface area (Å²) >= 11 is 0. The van der Waals surface area contributed by atoms with Crippen LogP contribution in [0.1, 0.15) is 56.6 Å². The summed E-state index contributed by atoms with van der Waals surface area (Å²) in [5, 5.41) is -5.16. The quantitative estimate of drug-likeness (QED) is 0.0493. The van der Waals surface area contributed by atoms with Crippen molar-refractivity contribution in [1.82, 2.24) is 0 Å². The van der Waals surface area contributed by atoms with E-state index in [1.54, 1.807) is 6.92 Å². The molecule has 0 spiro atoms. The lowest BCUT2D eigenvalue weighted by molar-refractivity contribution is -0.176. The van der Waals surface area contributed by atoms with Crippen LogP contribution in [0.15, 0.2) is 99.6 Å². The maximum absolute atomic E-state index is 12.9. The van der Waals surface area contributed by atoms with Crippen molar-refractivity contribution >= 4 is 38.9 Å². The van der Waals surface area contributed by atoms with Crippen LogP contribution in [0.25, 0.3) is 0 Å².